The van der Waals surface area contributed by atoms with Gasteiger partial charge >= 0.3 is 5.97 Å². The number of nitrogens with one attached hydrogen (secondary N) is 1. The van der Waals surface area contributed by atoms with Crippen molar-refractivity contribution in [2.24, 2.45) is 0 Å². The quantitative estimate of drug-likeness (QED) is 0.357. The zero-order valence-corrected chi connectivity index (χ0v) is 21.5. The first kappa shape index (κ1) is 26.4. The van der Waals surface area contributed by atoms with Gasteiger partial charge in [0.1, 0.15) is 24.5 Å². The smallest absolute Gasteiger partial charge is 0.335 e. The number of aromatic carboxylic acids is 1. The number of hydrogen-bond donors (Lipinski definition) is 3. The van der Waals surface area contributed by atoms with Crippen LogP contribution in [-0.2, 0) is 19.3 Å². The summed E-state index contributed by atoms with van der Waals surface area (Å²) in [4.78, 5) is 11.1. The predicted molar refractivity (Wildman–Crippen MR) is 144 cm³/mol. The molecule has 0 fully saturated rings. The Balaban J connectivity index is 1.34. The maximum Gasteiger partial charge on any atom is 0.335 e. The largest absolute Gasteiger partial charge is 0.489 e. The van der Waals surface area contributed by atoms with Crippen molar-refractivity contribution in [2.75, 3.05) is 13.2 Å². The number of carbonyl (C=O) groups is 1. The summed E-state index contributed by atoms with van der Waals surface area (Å²) in [5.74, 6) is -0.599. The number of β-amino-alcohol motifs (C(OH)–C–C–N with tert-alkyl or cyclic N) is 1. The first-order valence-electron chi connectivity index (χ1n) is 12.8. The van der Waals surface area contributed by atoms with Crippen LogP contribution in [0, 0.1) is 11.3 Å². The number of carboxylic acids is 1. The van der Waals surface area contributed by atoms with Crippen LogP contribution in [0.4, 0.5) is 0 Å². The molecule has 0 heterocycles. The van der Waals surface area contributed by atoms with Crippen LogP contribution in [0.1, 0.15) is 59.3 Å². The number of carboxylic acid groups (broad SMARTS) is 1. The topological polar surface area (TPSA) is 103 Å². The molecule has 37 heavy (non-hydrogen) atoms. The highest BCUT2D eigenvalue weighted by molar-refractivity contribution is 5.88. The van der Waals surface area contributed by atoms with Crippen LogP contribution in [0.2, 0.25) is 0 Å². The highest BCUT2D eigenvalue weighted by atomic mass is 16.5. The third-order valence-electron chi connectivity index (χ3n) is 6.87. The van der Waals surface area contributed by atoms with Crippen LogP contribution in [0.15, 0.2) is 60.7 Å². The maximum atomic E-state index is 11.1. The van der Waals surface area contributed by atoms with Crippen molar-refractivity contribution in [1.29, 1.82) is 5.26 Å². The van der Waals surface area contributed by atoms with Crippen molar-refractivity contribution >= 4 is 5.97 Å². The molecule has 0 saturated carbocycles. The van der Waals surface area contributed by atoms with Gasteiger partial charge < -0.3 is 20.3 Å². The van der Waals surface area contributed by atoms with Crippen LogP contribution < -0.4 is 10.1 Å². The second-order valence-electron chi connectivity index (χ2n) is 10.4. The molecule has 0 unspecified atom stereocenters. The van der Waals surface area contributed by atoms with E-state index < -0.39 is 12.1 Å². The van der Waals surface area contributed by atoms with Crippen molar-refractivity contribution in [2.45, 2.75) is 57.6 Å². The standard InChI is InChI=1S/C31H34N2O4/c1-31(2,17-21-7-8-22-5-3-4-6-25(22)15-21)33-19-28(34)20-37-29-16-26(13-14-27(29)18-32)23-9-11-24(12-10-23)30(35)36/h7-16,28,33-34H,3-6,17,19-20H2,1-2H3,(H,35,36)/t28-/m0/s1. The van der Waals surface area contributed by atoms with Gasteiger partial charge in [-0.15, -0.1) is 0 Å². The van der Waals surface area contributed by atoms with E-state index in [0.29, 0.717) is 17.9 Å². The first-order valence-corrected chi connectivity index (χ1v) is 12.8. The Kier molecular flexibility index (Phi) is 8.27. The summed E-state index contributed by atoms with van der Waals surface area (Å²) in [6, 6.07) is 20.7. The molecule has 192 valence electrons. The van der Waals surface area contributed by atoms with E-state index in [4.69, 9.17) is 9.84 Å². The highest BCUT2D eigenvalue weighted by Gasteiger charge is 2.21. The normalized spacial score (nSPS) is 13.9. The van der Waals surface area contributed by atoms with Gasteiger partial charge in [0.25, 0.3) is 0 Å². The summed E-state index contributed by atoms with van der Waals surface area (Å²) in [6.45, 7) is 4.66. The molecule has 6 heteroatoms. The molecular weight excluding hydrogens is 464 g/mol. The maximum absolute atomic E-state index is 11.1. The van der Waals surface area contributed by atoms with Crippen LogP contribution in [0.25, 0.3) is 11.1 Å². The van der Waals surface area contributed by atoms with Crippen LogP contribution in [-0.4, -0.2) is 41.0 Å². The Bertz CT molecular complexity index is 1290. The minimum absolute atomic E-state index is 0.0397. The Labute approximate surface area is 218 Å². The number of aliphatic hydroxyl groups is 1. The minimum Gasteiger partial charge on any atom is -0.489 e. The number of nitrogens with zero attached hydrogens (tertiary/aromatic N) is 1. The van der Waals surface area contributed by atoms with E-state index in [2.05, 4.69) is 43.4 Å². The molecule has 0 bridgehead atoms. The van der Waals surface area contributed by atoms with E-state index in [0.717, 1.165) is 24.0 Å². The lowest BCUT2D eigenvalue weighted by Gasteiger charge is -2.29. The zero-order valence-electron chi connectivity index (χ0n) is 21.5. The van der Waals surface area contributed by atoms with Crippen molar-refractivity contribution in [1.82, 2.24) is 5.32 Å². The fraction of sp³-hybridized carbons (Fsp3) is 0.355. The molecular formula is C31H34N2O4. The van der Waals surface area contributed by atoms with E-state index in [-0.39, 0.29) is 17.7 Å². The number of hydrogen-bond acceptors (Lipinski definition) is 5. The Morgan fingerprint density at radius 2 is 1.73 bits per heavy atom. The van der Waals surface area contributed by atoms with Crippen molar-refractivity contribution in [3.05, 3.63) is 88.5 Å². The molecule has 0 amide bonds. The lowest BCUT2D eigenvalue weighted by atomic mass is 9.87. The number of benzene rings is 3. The van der Waals surface area contributed by atoms with Crippen molar-refractivity contribution < 1.29 is 19.7 Å². The summed E-state index contributed by atoms with van der Waals surface area (Å²) in [5, 5.41) is 32.7. The fourth-order valence-electron chi connectivity index (χ4n) is 4.83. The SMILES string of the molecule is CC(C)(Cc1ccc2c(c1)CCCC2)NC[C@H](O)COc1cc(-c2ccc(C(=O)O)cc2)ccc1C#N. The number of ether oxygens (including phenoxy) is 1. The van der Waals surface area contributed by atoms with E-state index in [1.54, 1.807) is 30.3 Å². The molecule has 0 aromatic heterocycles. The van der Waals surface area contributed by atoms with Gasteiger partial charge in [0.15, 0.2) is 0 Å². The Hall–Kier alpha value is -3.66. The summed E-state index contributed by atoms with van der Waals surface area (Å²) in [7, 11) is 0. The molecule has 1 atom stereocenters. The van der Waals surface area contributed by atoms with Crippen molar-refractivity contribution in [3.8, 4) is 22.9 Å². The zero-order chi connectivity index (χ0) is 26.4. The van der Waals surface area contributed by atoms with Gasteiger partial charge in [0, 0.05) is 12.1 Å². The molecule has 1 aliphatic rings. The van der Waals surface area contributed by atoms with Crippen LogP contribution >= 0.6 is 0 Å². The average Bonchev–Trinajstić information content (AvgIpc) is 2.90. The van der Waals surface area contributed by atoms with Gasteiger partial charge in [-0.2, -0.15) is 5.26 Å². The summed E-state index contributed by atoms with van der Waals surface area (Å²) >= 11 is 0. The number of fused-ring (bicyclic) bond motifs is 1. The molecule has 1 aliphatic carbocycles. The lowest BCUT2D eigenvalue weighted by Crippen LogP contribution is -2.46. The van der Waals surface area contributed by atoms with Crippen LogP contribution in [0.5, 0.6) is 5.75 Å². The number of nitriles is 1. The van der Waals surface area contributed by atoms with Gasteiger partial charge in [0.05, 0.1) is 11.1 Å². The Morgan fingerprint density at radius 1 is 1.03 bits per heavy atom. The molecule has 0 aliphatic heterocycles. The van der Waals surface area contributed by atoms with Gasteiger partial charge in [-0.1, -0.05) is 36.4 Å². The van der Waals surface area contributed by atoms with E-state index in [1.807, 2.05) is 0 Å². The molecule has 0 radical (unpaired) electrons. The van der Waals surface area contributed by atoms with Gasteiger partial charge in [-0.05, 0) is 98.0 Å². The third-order valence-corrected chi connectivity index (χ3v) is 6.87. The predicted octanol–water partition coefficient (Wildman–Crippen LogP) is 5.15. The van der Waals surface area contributed by atoms with E-state index in [1.165, 1.54) is 48.1 Å². The summed E-state index contributed by atoms with van der Waals surface area (Å²) in [5.41, 5.74) is 6.24. The average molecular weight is 499 g/mol. The minimum atomic E-state index is -0.983. The summed E-state index contributed by atoms with van der Waals surface area (Å²) in [6.07, 6.45) is 4.98. The second-order valence-corrected chi connectivity index (χ2v) is 10.4. The fourth-order valence-corrected chi connectivity index (χ4v) is 4.83. The second kappa shape index (κ2) is 11.6. The monoisotopic (exact) mass is 498 g/mol. The molecule has 3 aromatic carbocycles. The molecule has 3 N–H and O–H groups in total. The number of rotatable bonds is 10. The highest BCUT2D eigenvalue weighted by Crippen LogP contribution is 2.28. The van der Waals surface area contributed by atoms with E-state index in [9.17, 15) is 15.2 Å². The van der Waals surface area contributed by atoms with Crippen molar-refractivity contribution in [3.63, 3.8) is 0 Å². The molecule has 4 rings (SSSR count). The van der Waals surface area contributed by atoms with Gasteiger partial charge in [0.2, 0.25) is 0 Å². The van der Waals surface area contributed by atoms with E-state index >= 15 is 0 Å². The van der Waals surface area contributed by atoms with Gasteiger partial charge in [-0.25, -0.2) is 4.79 Å². The number of aliphatic hydroxyl groups excluding tert-OH is 1. The molecule has 0 saturated heterocycles. The summed E-state index contributed by atoms with van der Waals surface area (Å²) < 4.78 is 5.85. The molecule has 6 nitrogen and oxygen atoms in total. The lowest BCUT2D eigenvalue weighted by molar-refractivity contribution is 0.0697. The third kappa shape index (κ3) is 6.97. The van der Waals surface area contributed by atoms with Crippen LogP contribution in [0.3, 0.4) is 0 Å². The molecule has 3 aromatic rings. The Morgan fingerprint density at radius 3 is 2.43 bits per heavy atom. The van der Waals surface area contributed by atoms with Gasteiger partial charge in [-0.3, -0.25) is 0 Å². The molecule has 0 spiro atoms. The number of aryl methyl sites for hydroxylation is 2. The first-order chi connectivity index (χ1) is 17.7.